The summed E-state index contributed by atoms with van der Waals surface area (Å²) in [5.74, 6) is -0.453. The summed E-state index contributed by atoms with van der Waals surface area (Å²) in [6.07, 6.45) is 8.59. The molecule has 3 fully saturated rings. The topological polar surface area (TPSA) is 130 Å². The molecule has 3 heterocycles. The molecule has 3 aliphatic rings. The Bertz CT molecular complexity index is 1410. The van der Waals surface area contributed by atoms with Crippen LogP contribution in [0.3, 0.4) is 0 Å². The van der Waals surface area contributed by atoms with Crippen LogP contribution in [0.15, 0.2) is 65.1 Å². The molecular formula is C38H55N3O8S. The van der Waals surface area contributed by atoms with Crippen molar-refractivity contribution in [3.8, 4) is 0 Å². The Hall–Kier alpha value is -3.00. The van der Waals surface area contributed by atoms with Crippen LogP contribution in [0.4, 0.5) is 0 Å². The van der Waals surface area contributed by atoms with E-state index in [0.29, 0.717) is 26.0 Å². The summed E-state index contributed by atoms with van der Waals surface area (Å²) < 4.78 is 25.4. The van der Waals surface area contributed by atoms with E-state index in [2.05, 4.69) is 30.4 Å². The Morgan fingerprint density at radius 1 is 1.12 bits per heavy atom. The van der Waals surface area contributed by atoms with Crippen molar-refractivity contribution in [1.29, 1.82) is 0 Å². The zero-order valence-electron chi connectivity index (χ0n) is 30.7. The van der Waals surface area contributed by atoms with Crippen LogP contribution in [0.25, 0.3) is 0 Å². The number of hydrogen-bond donors (Lipinski definition) is 2. The van der Waals surface area contributed by atoms with Crippen molar-refractivity contribution in [3.63, 3.8) is 0 Å². The third-order valence-electron chi connectivity index (χ3n) is 9.38. The summed E-state index contributed by atoms with van der Waals surface area (Å²) in [5.41, 5.74) is 1.39. The van der Waals surface area contributed by atoms with Crippen LogP contribution in [-0.2, 0) is 39.9 Å². The Morgan fingerprint density at radius 3 is 2.46 bits per heavy atom. The summed E-state index contributed by atoms with van der Waals surface area (Å²) in [5, 5.41) is 14.1. The number of benzene rings is 1. The predicted molar refractivity (Wildman–Crippen MR) is 193 cm³/mol. The SMILES string of the molecule is CC(=O)OC(C)C=CC(=O)NC1CC(C)C(CC=C(C)C=CC2OC(CC(=O)N(C)Cc3ccc(SN(C)C)cc3)CC3(CO3)C2O)OC1C. The monoisotopic (exact) mass is 713 g/mol. The molecule has 50 heavy (non-hydrogen) atoms. The van der Waals surface area contributed by atoms with Crippen LogP contribution in [-0.4, -0.2) is 108 Å². The summed E-state index contributed by atoms with van der Waals surface area (Å²) in [6.45, 7) is 10.1. The number of nitrogens with one attached hydrogen (secondary N) is 1. The van der Waals surface area contributed by atoms with Gasteiger partial charge in [0.05, 0.1) is 37.4 Å². The second-order valence-electron chi connectivity index (χ2n) is 14.2. The largest absolute Gasteiger partial charge is 0.459 e. The van der Waals surface area contributed by atoms with Crippen LogP contribution < -0.4 is 5.32 Å². The first-order chi connectivity index (χ1) is 23.6. The molecule has 4 rings (SSSR count). The number of aliphatic hydroxyl groups excluding tert-OH is 1. The maximum Gasteiger partial charge on any atom is 0.303 e. The first kappa shape index (κ1) is 39.8. The van der Waals surface area contributed by atoms with Gasteiger partial charge in [-0.2, -0.15) is 0 Å². The number of nitrogens with zero attached hydrogens (tertiary/aromatic N) is 2. The van der Waals surface area contributed by atoms with Gasteiger partial charge < -0.3 is 34.3 Å². The Morgan fingerprint density at radius 2 is 1.82 bits per heavy atom. The number of aliphatic hydroxyl groups is 1. The Balaban J connectivity index is 1.26. The highest BCUT2D eigenvalue weighted by Crippen LogP contribution is 2.43. The van der Waals surface area contributed by atoms with E-state index in [0.717, 1.165) is 22.5 Å². The van der Waals surface area contributed by atoms with Crippen molar-refractivity contribution in [2.24, 2.45) is 5.92 Å². The molecule has 276 valence electrons. The van der Waals surface area contributed by atoms with Gasteiger partial charge in [0, 0.05) is 37.9 Å². The molecular weight excluding hydrogens is 658 g/mol. The number of carbonyl (C=O) groups excluding carboxylic acids is 3. The molecule has 9 atom stereocenters. The lowest BCUT2D eigenvalue weighted by atomic mass is 9.87. The number of esters is 1. The minimum absolute atomic E-state index is 0.0112. The van der Waals surface area contributed by atoms with E-state index >= 15 is 0 Å². The van der Waals surface area contributed by atoms with Crippen molar-refractivity contribution < 1.29 is 38.4 Å². The molecule has 12 heteroatoms. The highest BCUT2D eigenvalue weighted by atomic mass is 32.2. The maximum absolute atomic E-state index is 13.2. The van der Waals surface area contributed by atoms with Gasteiger partial charge in [-0.3, -0.25) is 18.7 Å². The number of allylic oxidation sites excluding steroid dienone is 2. The van der Waals surface area contributed by atoms with Crippen molar-refractivity contribution in [3.05, 3.63) is 65.8 Å². The fraction of sp³-hybridized carbons (Fsp3) is 0.605. The zero-order valence-corrected chi connectivity index (χ0v) is 31.5. The molecule has 0 aliphatic carbocycles. The predicted octanol–water partition coefficient (Wildman–Crippen LogP) is 4.59. The number of epoxide rings is 1. The highest BCUT2D eigenvalue weighted by molar-refractivity contribution is 7.97. The molecule has 0 aromatic heterocycles. The van der Waals surface area contributed by atoms with Gasteiger partial charge in [0.15, 0.2) is 0 Å². The molecule has 2 amide bonds. The fourth-order valence-corrected chi connectivity index (χ4v) is 7.15. The first-order valence-electron chi connectivity index (χ1n) is 17.5. The molecule has 3 saturated heterocycles. The summed E-state index contributed by atoms with van der Waals surface area (Å²) >= 11 is 1.65. The number of hydrogen-bond acceptors (Lipinski definition) is 10. The molecule has 0 bridgehead atoms. The van der Waals surface area contributed by atoms with Crippen LogP contribution in [0.1, 0.15) is 65.9 Å². The average Bonchev–Trinajstić information content (AvgIpc) is 3.82. The van der Waals surface area contributed by atoms with E-state index in [1.165, 1.54) is 13.0 Å². The van der Waals surface area contributed by atoms with Gasteiger partial charge in [-0.1, -0.05) is 42.9 Å². The third-order valence-corrected chi connectivity index (χ3v) is 10.2. The second-order valence-corrected chi connectivity index (χ2v) is 15.5. The number of carbonyl (C=O) groups is 3. The number of rotatable bonds is 14. The van der Waals surface area contributed by atoms with Crippen molar-refractivity contribution in [1.82, 2.24) is 14.5 Å². The van der Waals surface area contributed by atoms with E-state index in [-0.39, 0.29) is 48.5 Å². The Kier molecular flexibility index (Phi) is 14.3. The zero-order chi connectivity index (χ0) is 36.6. The average molecular weight is 714 g/mol. The second kappa shape index (κ2) is 18.0. The molecule has 1 aromatic carbocycles. The van der Waals surface area contributed by atoms with Crippen LogP contribution in [0.2, 0.25) is 0 Å². The summed E-state index contributed by atoms with van der Waals surface area (Å²) in [7, 11) is 5.81. The lowest BCUT2D eigenvalue weighted by Gasteiger charge is -2.39. The first-order valence-corrected chi connectivity index (χ1v) is 18.2. The van der Waals surface area contributed by atoms with Crippen LogP contribution in [0, 0.1) is 5.92 Å². The molecule has 1 spiro atoms. The van der Waals surface area contributed by atoms with E-state index in [1.54, 1.807) is 36.9 Å². The van der Waals surface area contributed by atoms with Crippen LogP contribution >= 0.6 is 11.9 Å². The minimum Gasteiger partial charge on any atom is -0.459 e. The van der Waals surface area contributed by atoms with Gasteiger partial charge in [0.25, 0.3) is 0 Å². The maximum atomic E-state index is 13.2. The minimum atomic E-state index is -0.816. The third kappa shape index (κ3) is 11.8. The molecule has 0 radical (unpaired) electrons. The Labute approximate surface area is 301 Å². The van der Waals surface area contributed by atoms with Gasteiger partial charge >= 0.3 is 5.97 Å². The number of amides is 2. The highest BCUT2D eigenvalue weighted by Gasteiger charge is 2.58. The van der Waals surface area contributed by atoms with E-state index < -0.39 is 29.9 Å². The molecule has 3 aliphatic heterocycles. The van der Waals surface area contributed by atoms with Gasteiger partial charge in [0.1, 0.15) is 23.9 Å². The molecule has 11 nitrogen and oxygen atoms in total. The van der Waals surface area contributed by atoms with Gasteiger partial charge in [-0.05, 0) is 89.3 Å². The summed E-state index contributed by atoms with van der Waals surface area (Å²) in [6, 6.07) is 8.08. The van der Waals surface area contributed by atoms with Gasteiger partial charge in [-0.15, -0.1) is 0 Å². The van der Waals surface area contributed by atoms with E-state index in [4.69, 9.17) is 18.9 Å². The van der Waals surface area contributed by atoms with Crippen LogP contribution in [0.5, 0.6) is 0 Å². The lowest BCUT2D eigenvalue weighted by Crippen LogP contribution is -2.51. The quantitative estimate of drug-likeness (QED) is 0.0929. The summed E-state index contributed by atoms with van der Waals surface area (Å²) in [4.78, 5) is 39.6. The molecule has 1 aromatic rings. The van der Waals surface area contributed by atoms with Crippen molar-refractivity contribution in [2.45, 2.75) is 120 Å². The van der Waals surface area contributed by atoms with Gasteiger partial charge in [-0.25, -0.2) is 0 Å². The molecule has 0 saturated carbocycles. The molecule has 2 N–H and O–H groups in total. The molecule has 9 unspecified atom stereocenters. The lowest BCUT2D eigenvalue weighted by molar-refractivity contribution is -0.150. The van der Waals surface area contributed by atoms with Crippen molar-refractivity contribution in [2.75, 3.05) is 27.7 Å². The van der Waals surface area contributed by atoms with E-state index in [1.807, 2.05) is 56.5 Å². The smallest absolute Gasteiger partial charge is 0.303 e. The number of ether oxygens (including phenoxy) is 4. The van der Waals surface area contributed by atoms with E-state index in [9.17, 15) is 19.5 Å². The normalized spacial score (nSPS) is 30.5. The van der Waals surface area contributed by atoms with Gasteiger partial charge in [0.2, 0.25) is 11.8 Å². The standard InChI is InChI=1S/C38H55N3O8S/c1-24(9-16-33-25(2)19-32(27(4)48-33)39-35(43)18-11-26(3)47-28(5)42)10-17-34-37(45)38(23-46-38)21-30(49-34)20-36(44)41(8)22-29-12-14-31(15-13-29)50-40(6)7/h9-15,17-18,25-27,30,32-34,37,45H,16,19-23H2,1-8H3,(H,39,43). The van der Waals surface area contributed by atoms with Crippen molar-refractivity contribution >= 4 is 29.7 Å². The fourth-order valence-electron chi connectivity index (χ4n) is 6.47.